The lowest BCUT2D eigenvalue weighted by molar-refractivity contribution is -0.0393. The van der Waals surface area contributed by atoms with Crippen molar-refractivity contribution in [3.05, 3.63) is 35.4 Å². The second kappa shape index (κ2) is 9.08. The molecule has 0 heterocycles. The zero-order valence-electron chi connectivity index (χ0n) is 12.6. The third-order valence-electron chi connectivity index (χ3n) is 2.97. The lowest BCUT2D eigenvalue weighted by atomic mass is 10.1. The first-order chi connectivity index (χ1) is 9.17. The van der Waals surface area contributed by atoms with Crippen LogP contribution in [0.3, 0.4) is 0 Å². The van der Waals surface area contributed by atoms with Crippen LogP contribution >= 0.6 is 0 Å². The minimum absolute atomic E-state index is 0.0802. The molecule has 0 fully saturated rings. The van der Waals surface area contributed by atoms with Gasteiger partial charge in [0.2, 0.25) is 0 Å². The number of rotatable bonds is 9. The topological polar surface area (TPSA) is 30.5 Å². The van der Waals surface area contributed by atoms with Crippen molar-refractivity contribution in [3.63, 3.8) is 0 Å². The zero-order valence-corrected chi connectivity index (χ0v) is 12.6. The van der Waals surface area contributed by atoms with E-state index in [4.69, 9.17) is 9.47 Å². The van der Waals surface area contributed by atoms with Gasteiger partial charge in [0.05, 0.1) is 18.8 Å². The molecule has 0 saturated carbocycles. The molecular formula is C16H27NO2. The maximum absolute atomic E-state index is 6.09. The SMILES string of the molecule is CCCNCC(OC(C)COC)c1cccc(C)c1. The number of aryl methyl sites for hydroxylation is 1. The molecule has 3 heteroatoms. The van der Waals surface area contributed by atoms with Gasteiger partial charge in [-0.25, -0.2) is 0 Å². The molecule has 0 aliphatic carbocycles. The molecule has 0 aliphatic rings. The molecule has 0 aromatic heterocycles. The zero-order chi connectivity index (χ0) is 14.1. The number of hydrogen-bond donors (Lipinski definition) is 1. The minimum Gasteiger partial charge on any atom is -0.382 e. The second-order valence-electron chi connectivity index (χ2n) is 5.01. The molecule has 3 nitrogen and oxygen atoms in total. The summed E-state index contributed by atoms with van der Waals surface area (Å²) in [6.45, 7) is 8.81. The van der Waals surface area contributed by atoms with Gasteiger partial charge in [-0.05, 0) is 32.4 Å². The summed E-state index contributed by atoms with van der Waals surface area (Å²) in [6, 6.07) is 8.52. The van der Waals surface area contributed by atoms with Crippen LogP contribution in [0, 0.1) is 6.92 Å². The van der Waals surface area contributed by atoms with Crippen molar-refractivity contribution in [2.45, 2.75) is 39.4 Å². The summed E-state index contributed by atoms with van der Waals surface area (Å²) in [6.07, 6.45) is 1.31. The van der Waals surface area contributed by atoms with E-state index in [0.717, 1.165) is 19.5 Å². The molecule has 19 heavy (non-hydrogen) atoms. The summed E-state index contributed by atoms with van der Waals surface area (Å²) in [4.78, 5) is 0. The summed E-state index contributed by atoms with van der Waals surface area (Å²) in [5.41, 5.74) is 2.49. The van der Waals surface area contributed by atoms with Crippen molar-refractivity contribution in [3.8, 4) is 0 Å². The third-order valence-corrected chi connectivity index (χ3v) is 2.97. The van der Waals surface area contributed by atoms with E-state index in [-0.39, 0.29) is 12.2 Å². The molecule has 1 aromatic rings. The van der Waals surface area contributed by atoms with Crippen molar-refractivity contribution < 1.29 is 9.47 Å². The Balaban J connectivity index is 2.67. The molecule has 2 unspecified atom stereocenters. The van der Waals surface area contributed by atoms with Gasteiger partial charge in [-0.2, -0.15) is 0 Å². The van der Waals surface area contributed by atoms with Gasteiger partial charge in [0.1, 0.15) is 0 Å². The van der Waals surface area contributed by atoms with Crippen molar-refractivity contribution in [2.75, 3.05) is 26.8 Å². The molecule has 0 amide bonds. The normalized spacial score (nSPS) is 14.3. The highest BCUT2D eigenvalue weighted by Gasteiger charge is 2.15. The maximum Gasteiger partial charge on any atom is 0.0954 e. The van der Waals surface area contributed by atoms with Gasteiger partial charge in [-0.3, -0.25) is 0 Å². The molecule has 108 valence electrons. The van der Waals surface area contributed by atoms with Gasteiger partial charge in [0.25, 0.3) is 0 Å². The van der Waals surface area contributed by atoms with Crippen LogP contribution in [-0.4, -0.2) is 32.9 Å². The van der Waals surface area contributed by atoms with E-state index in [9.17, 15) is 0 Å². The van der Waals surface area contributed by atoms with Gasteiger partial charge >= 0.3 is 0 Å². The molecule has 1 rings (SSSR count). The molecule has 1 N–H and O–H groups in total. The average molecular weight is 265 g/mol. The predicted molar refractivity (Wildman–Crippen MR) is 79.5 cm³/mol. The third kappa shape index (κ3) is 6.19. The van der Waals surface area contributed by atoms with Crippen LogP contribution in [0.2, 0.25) is 0 Å². The average Bonchev–Trinajstić information content (AvgIpc) is 2.38. The highest BCUT2D eigenvalue weighted by atomic mass is 16.5. The summed E-state index contributed by atoms with van der Waals surface area (Å²) >= 11 is 0. The van der Waals surface area contributed by atoms with Crippen LogP contribution in [0.25, 0.3) is 0 Å². The number of nitrogens with one attached hydrogen (secondary N) is 1. The number of benzene rings is 1. The Kier molecular flexibility index (Phi) is 7.72. The van der Waals surface area contributed by atoms with Gasteiger partial charge in [-0.1, -0.05) is 36.8 Å². The standard InChI is InChI=1S/C16H27NO2/c1-5-9-17-11-16(19-14(3)12-18-4)15-8-6-7-13(2)10-15/h6-8,10,14,16-17H,5,9,11-12H2,1-4H3. The van der Waals surface area contributed by atoms with E-state index in [1.165, 1.54) is 11.1 Å². The maximum atomic E-state index is 6.09. The van der Waals surface area contributed by atoms with E-state index in [1.807, 2.05) is 6.92 Å². The molecule has 0 aliphatic heterocycles. The molecule has 1 aromatic carbocycles. The Hall–Kier alpha value is -0.900. The van der Waals surface area contributed by atoms with Gasteiger partial charge in [0, 0.05) is 13.7 Å². The lowest BCUT2D eigenvalue weighted by Gasteiger charge is -2.23. The predicted octanol–water partition coefficient (Wildman–Crippen LogP) is 3.09. The Bertz CT molecular complexity index is 354. The summed E-state index contributed by atoms with van der Waals surface area (Å²) in [5, 5.41) is 3.43. The minimum atomic E-state index is 0.0802. The second-order valence-corrected chi connectivity index (χ2v) is 5.01. The molecule has 0 bridgehead atoms. The smallest absolute Gasteiger partial charge is 0.0954 e. The van der Waals surface area contributed by atoms with E-state index < -0.39 is 0 Å². The van der Waals surface area contributed by atoms with Crippen LogP contribution < -0.4 is 5.32 Å². The number of methoxy groups -OCH3 is 1. The van der Waals surface area contributed by atoms with Gasteiger partial charge in [-0.15, -0.1) is 0 Å². The van der Waals surface area contributed by atoms with E-state index in [2.05, 4.69) is 43.4 Å². The number of ether oxygens (including phenoxy) is 2. The van der Waals surface area contributed by atoms with E-state index in [0.29, 0.717) is 6.61 Å². The summed E-state index contributed by atoms with van der Waals surface area (Å²) in [7, 11) is 1.71. The largest absolute Gasteiger partial charge is 0.382 e. The quantitative estimate of drug-likeness (QED) is 0.696. The molecule has 0 radical (unpaired) electrons. The number of hydrogen-bond acceptors (Lipinski definition) is 3. The van der Waals surface area contributed by atoms with Crippen LogP contribution in [0.4, 0.5) is 0 Å². The van der Waals surface area contributed by atoms with Crippen molar-refractivity contribution in [1.82, 2.24) is 5.32 Å². The van der Waals surface area contributed by atoms with Crippen molar-refractivity contribution in [1.29, 1.82) is 0 Å². The molecule has 0 spiro atoms. The monoisotopic (exact) mass is 265 g/mol. The van der Waals surface area contributed by atoms with Crippen molar-refractivity contribution >= 4 is 0 Å². The van der Waals surface area contributed by atoms with Crippen molar-refractivity contribution in [2.24, 2.45) is 0 Å². The Labute approximate surface area is 117 Å². The molecule has 2 atom stereocenters. The Morgan fingerprint density at radius 1 is 1.32 bits per heavy atom. The lowest BCUT2D eigenvalue weighted by Crippen LogP contribution is -2.28. The Morgan fingerprint density at radius 2 is 2.11 bits per heavy atom. The summed E-state index contributed by atoms with van der Waals surface area (Å²) < 4.78 is 11.2. The fraction of sp³-hybridized carbons (Fsp3) is 0.625. The van der Waals surface area contributed by atoms with Crippen LogP contribution in [0.5, 0.6) is 0 Å². The van der Waals surface area contributed by atoms with E-state index >= 15 is 0 Å². The van der Waals surface area contributed by atoms with Gasteiger partial charge < -0.3 is 14.8 Å². The fourth-order valence-corrected chi connectivity index (χ4v) is 2.08. The first-order valence-corrected chi connectivity index (χ1v) is 7.09. The van der Waals surface area contributed by atoms with Crippen LogP contribution in [-0.2, 0) is 9.47 Å². The molecule has 0 saturated heterocycles. The fourth-order valence-electron chi connectivity index (χ4n) is 2.08. The highest BCUT2D eigenvalue weighted by Crippen LogP contribution is 2.20. The van der Waals surface area contributed by atoms with Crippen LogP contribution in [0.15, 0.2) is 24.3 Å². The highest BCUT2D eigenvalue weighted by molar-refractivity contribution is 5.24. The van der Waals surface area contributed by atoms with Crippen LogP contribution in [0.1, 0.15) is 37.5 Å². The first-order valence-electron chi connectivity index (χ1n) is 7.09. The van der Waals surface area contributed by atoms with Gasteiger partial charge in [0.15, 0.2) is 0 Å². The summed E-state index contributed by atoms with van der Waals surface area (Å²) in [5.74, 6) is 0. The Morgan fingerprint density at radius 3 is 2.74 bits per heavy atom. The van der Waals surface area contributed by atoms with E-state index in [1.54, 1.807) is 7.11 Å². The molecular weight excluding hydrogens is 238 g/mol. The first kappa shape index (κ1) is 16.2.